The Kier molecular flexibility index (Phi) is 7.43. The van der Waals surface area contributed by atoms with Crippen LogP contribution in [0.4, 0.5) is 5.69 Å². The topological polar surface area (TPSA) is 51.6 Å². The van der Waals surface area contributed by atoms with Gasteiger partial charge in [0.25, 0.3) is 0 Å². The molecule has 1 N–H and O–H groups in total. The van der Waals surface area contributed by atoms with Gasteiger partial charge in [-0.25, -0.2) is 0 Å². The molecule has 0 saturated carbocycles. The summed E-state index contributed by atoms with van der Waals surface area (Å²) < 4.78 is 13.7. The lowest BCUT2D eigenvalue weighted by atomic mass is 9.96. The van der Waals surface area contributed by atoms with Crippen LogP contribution >= 0.6 is 12.2 Å². The zero-order chi connectivity index (χ0) is 29.4. The second-order valence-corrected chi connectivity index (χ2v) is 11.0. The average Bonchev–Trinajstić information content (AvgIpc) is 3.50. The number of hydrogen-bond acceptors (Lipinski definition) is 4. The molecule has 3 aromatic carbocycles. The minimum atomic E-state index is -0.124. The molecular weight excluding hydrogens is 540 g/mol. The van der Waals surface area contributed by atoms with Gasteiger partial charge < -0.3 is 24.3 Å². The molecule has 6 rings (SSSR count). The Morgan fingerprint density at radius 3 is 2.17 bits per heavy atom. The van der Waals surface area contributed by atoms with Crippen molar-refractivity contribution in [3.8, 4) is 22.9 Å². The molecule has 6 nitrogen and oxygen atoms in total. The van der Waals surface area contributed by atoms with Gasteiger partial charge in [-0.1, -0.05) is 18.2 Å². The predicted molar refractivity (Wildman–Crippen MR) is 172 cm³/mol. The second-order valence-electron chi connectivity index (χ2n) is 10.6. The molecule has 0 aliphatic carbocycles. The van der Waals surface area contributed by atoms with Crippen LogP contribution in [0.3, 0.4) is 0 Å². The Balaban J connectivity index is 1.40. The average molecular weight is 575 g/mol. The minimum absolute atomic E-state index is 0.106. The van der Waals surface area contributed by atoms with Gasteiger partial charge in [0.05, 0.1) is 24.9 Å². The molecule has 2 atom stereocenters. The number of nitrogens with one attached hydrogen (secondary N) is 1. The zero-order valence-corrected chi connectivity index (χ0v) is 25.3. The number of pyridine rings is 1. The van der Waals surface area contributed by atoms with Crippen LogP contribution in [-0.4, -0.2) is 21.8 Å². The maximum atomic E-state index is 6.10. The van der Waals surface area contributed by atoms with Crippen molar-refractivity contribution in [2.75, 3.05) is 12.0 Å². The quantitative estimate of drug-likeness (QED) is 0.198. The fourth-order valence-electron chi connectivity index (χ4n) is 5.84. The van der Waals surface area contributed by atoms with Crippen molar-refractivity contribution >= 4 is 23.0 Å². The smallest absolute Gasteiger partial charge is 0.174 e. The van der Waals surface area contributed by atoms with Crippen LogP contribution in [0.15, 0.2) is 97.2 Å². The maximum Gasteiger partial charge on any atom is 0.174 e. The minimum Gasteiger partial charge on any atom is -0.497 e. The number of thiocarbonyl (C=S) groups is 1. The van der Waals surface area contributed by atoms with E-state index in [2.05, 4.69) is 84.9 Å². The van der Waals surface area contributed by atoms with Gasteiger partial charge in [0.15, 0.2) is 5.11 Å². The maximum absolute atomic E-state index is 6.10. The van der Waals surface area contributed by atoms with E-state index in [0.717, 1.165) is 28.6 Å². The van der Waals surface area contributed by atoms with Crippen molar-refractivity contribution in [2.24, 2.45) is 0 Å². The van der Waals surface area contributed by atoms with Crippen molar-refractivity contribution in [3.05, 3.63) is 131 Å². The molecule has 0 radical (unpaired) electrons. The fraction of sp³-hybridized carbons (Fsp3) is 0.200. The number of benzene rings is 3. The molecule has 42 heavy (non-hydrogen) atoms. The van der Waals surface area contributed by atoms with E-state index in [-0.39, 0.29) is 12.1 Å². The van der Waals surface area contributed by atoms with Gasteiger partial charge in [0, 0.05) is 29.0 Å². The van der Waals surface area contributed by atoms with E-state index in [9.17, 15) is 0 Å². The molecule has 1 saturated heterocycles. The van der Waals surface area contributed by atoms with Crippen LogP contribution in [0.5, 0.6) is 17.2 Å². The lowest BCUT2D eigenvalue weighted by Gasteiger charge is -2.28. The van der Waals surface area contributed by atoms with Crippen LogP contribution in [0.25, 0.3) is 5.69 Å². The number of hydrogen-bond donors (Lipinski definition) is 1. The summed E-state index contributed by atoms with van der Waals surface area (Å²) in [7, 11) is 1.65. The highest BCUT2D eigenvalue weighted by Crippen LogP contribution is 2.44. The first-order chi connectivity index (χ1) is 20.4. The number of ether oxygens (including phenoxy) is 2. The molecule has 1 fully saturated rings. The van der Waals surface area contributed by atoms with E-state index in [0.29, 0.717) is 5.11 Å². The second kappa shape index (κ2) is 11.3. The molecule has 212 valence electrons. The highest BCUT2D eigenvalue weighted by Gasteiger charge is 2.42. The first kappa shape index (κ1) is 27.5. The van der Waals surface area contributed by atoms with E-state index in [1.54, 1.807) is 7.11 Å². The van der Waals surface area contributed by atoms with Gasteiger partial charge in [-0.15, -0.1) is 0 Å². The third-order valence-electron chi connectivity index (χ3n) is 8.11. The first-order valence-corrected chi connectivity index (χ1v) is 14.4. The SMILES string of the molecule is COc1ccc(Oc2ccc(N3C(=S)N[C@@H](c4ccccn4)[C@H]3c3cc(C)n(-c4cccc(C)c4C)c3C)cc2)cc1. The van der Waals surface area contributed by atoms with E-state index in [1.165, 1.54) is 33.8 Å². The van der Waals surface area contributed by atoms with Gasteiger partial charge in [-0.05, 0) is 129 Å². The molecular formula is C35H34N4O2S. The summed E-state index contributed by atoms with van der Waals surface area (Å²) in [6, 6.07) is 30.2. The van der Waals surface area contributed by atoms with Crippen LogP contribution in [-0.2, 0) is 0 Å². The monoisotopic (exact) mass is 574 g/mol. The first-order valence-electron chi connectivity index (χ1n) is 14.0. The van der Waals surface area contributed by atoms with E-state index >= 15 is 0 Å². The standard InChI is InChI=1S/C35H34N4O2S/c1-22-9-8-11-32(24(22)3)38-23(2)21-30(25(38)4)34-33(31-10-6-7-20-36-31)37-35(42)39(34)26-12-14-28(15-13-26)41-29-18-16-27(40-5)17-19-29/h6-21,33-34H,1-5H3,(H,37,42)/t33-,34+/m0/s1. The number of nitrogens with zero attached hydrogens (tertiary/aromatic N) is 3. The zero-order valence-electron chi connectivity index (χ0n) is 24.5. The summed E-state index contributed by atoms with van der Waals surface area (Å²) >= 11 is 5.99. The molecule has 3 heterocycles. The van der Waals surface area contributed by atoms with Crippen LogP contribution < -0.4 is 19.7 Å². The third-order valence-corrected chi connectivity index (χ3v) is 8.43. The summed E-state index contributed by atoms with van der Waals surface area (Å²) in [5.41, 5.74) is 9.24. The van der Waals surface area contributed by atoms with Crippen molar-refractivity contribution in [1.29, 1.82) is 0 Å². The number of aromatic nitrogens is 2. The fourth-order valence-corrected chi connectivity index (χ4v) is 6.19. The highest BCUT2D eigenvalue weighted by atomic mass is 32.1. The Labute approximate surface area is 252 Å². The number of rotatable bonds is 7. The van der Waals surface area contributed by atoms with Crippen molar-refractivity contribution in [2.45, 2.75) is 39.8 Å². The lowest BCUT2D eigenvalue weighted by Crippen LogP contribution is -2.29. The number of anilines is 1. The Bertz CT molecular complexity index is 1730. The summed E-state index contributed by atoms with van der Waals surface area (Å²) in [6.07, 6.45) is 1.84. The Hall–Kier alpha value is -4.62. The third kappa shape index (κ3) is 5.01. The van der Waals surface area contributed by atoms with Crippen LogP contribution in [0, 0.1) is 27.7 Å². The van der Waals surface area contributed by atoms with Gasteiger partial charge >= 0.3 is 0 Å². The largest absolute Gasteiger partial charge is 0.497 e. The van der Waals surface area contributed by atoms with E-state index in [1.807, 2.05) is 54.7 Å². The van der Waals surface area contributed by atoms with Crippen LogP contribution in [0.2, 0.25) is 0 Å². The van der Waals surface area contributed by atoms with Gasteiger partial charge in [-0.2, -0.15) is 0 Å². The van der Waals surface area contributed by atoms with Crippen molar-refractivity contribution < 1.29 is 9.47 Å². The molecule has 5 aromatic rings. The van der Waals surface area contributed by atoms with Gasteiger partial charge in [0.1, 0.15) is 17.2 Å². The predicted octanol–water partition coefficient (Wildman–Crippen LogP) is 8.08. The molecule has 1 aliphatic rings. The van der Waals surface area contributed by atoms with Crippen molar-refractivity contribution in [1.82, 2.24) is 14.9 Å². The Morgan fingerprint density at radius 2 is 1.50 bits per heavy atom. The molecule has 2 aromatic heterocycles. The summed E-state index contributed by atoms with van der Waals surface area (Å²) in [5, 5.41) is 4.25. The van der Waals surface area contributed by atoms with E-state index < -0.39 is 0 Å². The Morgan fingerprint density at radius 1 is 0.810 bits per heavy atom. The molecule has 0 unspecified atom stereocenters. The normalized spacial score (nSPS) is 16.4. The number of aryl methyl sites for hydroxylation is 2. The molecule has 0 amide bonds. The summed E-state index contributed by atoms with van der Waals surface area (Å²) in [4.78, 5) is 6.94. The molecule has 7 heteroatoms. The highest BCUT2D eigenvalue weighted by molar-refractivity contribution is 7.80. The van der Waals surface area contributed by atoms with Gasteiger partial charge in [-0.3, -0.25) is 4.98 Å². The molecule has 1 aliphatic heterocycles. The molecule has 0 bridgehead atoms. The molecule has 0 spiro atoms. The van der Waals surface area contributed by atoms with E-state index in [4.69, 9.17) is 26.7 Å². The van der Waals surface area contributed by atoms with Gasteiger partial charge in [0.2, 0.25) is 0 Å². The summed E-state index contributed by atoms with van der Waals surface area (Å²) in [6.45, 7) is 8.72. The van der Waals surface area contributed by atoms with Crippen LogP contribution in [0.1, 0.15) is 45.9 Å². The van der Waals surface area contributed by atoms with Crippen molar-refractivity contribution in [3.63, 3.8) is 0 Å². The summed E-state index contributed by atoms with van der Waals surface area (Å²) in [5.74, 6) is 2.28. The lowest BCUT2D eigenvalue weighted by molar-refractivity contribution is 0.413. The number of methoxy groups -OCH3 is 1.